The molecule has 0 bridgehead atoms. The first-order chi connectivity index (χ1) is 32.4. The van der Waals surface area contributed by atoms with Crippen LogP contribution in [-0.4, -0.2) is 6.71 Å². The molecular weight excluding hydrogens is 816 g/mol. The molecular formula is C62H45BN2S. The van der Waals surface area contributed by atoms with Gasteiger partial charge in [0.2, 0.25) is 0 Å². The van der Waals surface area contributed by atoms with Gasteiger partial charge in [0.25, 0.3) is 6.71 Å². The molecule has 2 aliphatic carbocycles. The van der Waals surface area contributed by atoms with Gasteiger partial charge in [-0.2, -0.15) is 0 Å². The number of hydrogen-bond acceptors (Lipinski definition) is 3. The van der Waals surface area contributed by atoms with E-state index in [9.17, 15) is 0 Å². The van der Waals surface area contributed by atoms with Crippen LogP contribution in [0.2, 0.25) is 0 Å². The monoisotopic (exact) mass is 860 g/mol. The highest BCUT2D eigenvalue weighted by molar-refractivity contribution is 7.33. The van der Waals surface area contributed by atoms with Crippen molar-refractivity contribution < 1.29 is 0 Å². The van der Waals surface area contributed by atoms with Crippen molar-refractivity contribution in [2.45, 2.75) is 39.0 Å². The highest BCUT2D eigenvalue weighted by Gasteiger charge is 2.52. The first-order valence-electron chi connectivity index (χ1n) is 23.4. The van der Waals surface area contributed by atoms with Crippen LogP contribution in [0.25, 0.3) is 43.5 Å². The second-order valence-electron chi connectivity index (χ2n) is 19.0. The Morgan fingerprint density at radius 2 is 1.03 bits per heavy atom. The molecule has 0 unspecified atom stereocenters. The summed E-state index contributed by atoms with van der Waals surface area (Å²) in [6.07, 6.45) is 0. The lowest BCUT2D eigenvalue weighted by Crippen LogP contribution is -2.60. The first-order valence-corrected chi connectivity index (χ1v) is 24.2. The maximum absolute atomic E-state index is 2.59. The van der Waals surface area contributed by atoms with Gasteiger partial charge in [-0.15, -0.1) is 11.3 Å². The fourth-order valence-electron chi connectivity index (χ4n) is 12.6. The third-order valence-electron chi connectivity index (χ3n) is 15.2. The number of aryl methyl sites for hydroxylation is 2. The van der Waals surface area contributed by atoms with Crippen LogP contribution in [0.15, 0.2) is 194 Å². The standard InChI is InChI=1S/C62H45BN2S/c1-37(2)41-32-38(3)58(39(4)33-41)40-30-31-53-56(34-40)64(42-18-7-5-8-19-42)54-28-17-29-55-59(54)63(53)61-60(65(55)43-20-9-6-10-21-43)48-35-47-46-24-13-16-27-51(46)62(52(47)36-57(48)66-61)49-25-14-11-22-44(49)45-23-12-15-26-50(45)62/h5-37H,1-4H3. The maximum atomic E-state index is 2.59. The Morgan fingerprint density at radius 1 is 0.485 bits per heavy atom. The second kappa shape index (κ2) is 13.8. The van der Waals surface area contributed by atoms with E-state index in [-0.39, 0.29) is 6.71 Å². The summed E-state index contributed by atoms with van der Waals surface area (Å²) in [6, 6.07) is 73.9. The van der Waals surface area contributed by atoms with Gasteiger partial charge < -0.3 is 9.80 Å². The van der Waals surface area contributed by atoms with E-state index in [1.807, 2.05) is 11.3 Å². The number of para-hydroxylation sites is 2. The number of hydrogen-bond donors (Lipinski definition) is 0. The predicted molar refractivity (Wildman–Crippen MR) is 281 cm³/mol. The van der Waals surface area contributed by atoms with Gasteiger partial charge in [-0.3, -0.25) is 0 Å². The highest BCUT2D eigenvalue weighted by atomic mass is 32.1. The topological polar surface area (TPSA) is 6.48 Å². The summed E-state index contributed by atoms with van der Waals surface area (Å²) in [4.78, 5) is 5.12. The van der Waals surface area contributed by atoms with Crippen LogP contribution in [0.4, 0.5) is 34.1 Å². The van der Waals surface area contributed by atoms with Crippen LogP contribution in [0.5, 0.6) is 0 Å². The van der Waals surface area contributed by atoms with E-state index >= 15 is 0 Å². The van der Waals surface area contributed by atoms with E-state index in [0.717, 1.165) is 5.69 Å². The fraction of sp³-hybridized carbons (Fsp3) is 0.0968. The predicted octanol–water partition coefficient (Wildman–Crippen LogP) is 14.7. The summed E-state index contributed by atoms with van der Waals surface area (Å²) in [7, 11) is 0. The zero-order chi connectivity index (χ0) is 44.0. The average molecular weight is 861 g/mol. The molecule has 1 aromatic heterocycles. The number of rotatable bonds is 4. The lowest BCUT2D eigenvalue weighted by atomic mass is 9.36. The van der Waals surface area contributed by atoms with Crippen LogP contribution in [-0.2, 0) is 5.41 Å². The SMILES string of the molecule is Cc1cc(C(C)C)cc(C)c1-c1ccc2c(c1)N(c1ccccc1)c1cccc3c1B2c1sc2cc4c(cc2c1N3c1ccccc1)-c1ccccc1C41c2ccccc2-c2ccccc21. The van der Waals surface area contributed by atoms with Crippen LogP contribution in [0.1, 0.15) is 58.7 Å². The summed E-state index contributed by atoms with van der Waals surface area (Å²) < 4.78 is 2.71. The molecule has 10 aromatic rings. The largest absolute Gasteiger partial charge is 0.311 e. The summed E-state index contributed by atoms with van der Waals surface area (Å²) >= 11 is 2.00. The fourth-order valence-corrected chi connectivity index (χ4v) is 14.0. The Hall–Kier alpha value is -7.40. The molecule has 0 saturated carbocycles. The Morgan fingerprint density at radius 3 is 1.64 bits per heavy atom. The van der Waals surface area contributed by atoms with Crippen molar-refractivity contribution in [1.29, 1.82) is 0 Å². The molecule has 0 radical (unpaired) electrons. The van der Waals surface area contributed by atoms with Crippen molar-refractivity contribution >= 4 is 78.0 Å². The van der Waals surface area contributed by atoms with E-state index in [1.165, 1.54) is 127 Å². The molecule has 3 heterocycles. The molecule has 9 aromatic carbocycles. The minimum atomic E-state index is -0.402. The Bertz CT molecular complexity index is 3610. The number of thiophene rings is 1. The van der Waals surface area contributed by atoms with E-state index < -0.39 is 5.41 Å². The van der Waals surface area contributed by atoms with E-state index in [4.69, 9.17) is 0 Å². The summed E-state index contributed by atoms with van der Waals surface area (Å²) in [5, 5.41) is 1.31. The van der Waals surface area contributed by atoms with Crippen molar-refractivity contribution in [3.63, 3.8) is 0 Å². The van der Waals surface area contributed by atoms with Gasteiger partial charge in [-0.05, 0) is 158 Å². The molecule has 0 saturated heterocycles. The zero-order valence-corrected chi connectivity index (χ0v) is 38.2. The molecule has 2 nitrogen and oxygen atoms in total. The Kier molecular flexibility index (Phi) is 7.94. The van der Waals surface area contributed by atoms with Gasteiger partial charge in [0.05, 0.1) is 11.1 Å². The van der Waals surface area contributed by atoms with Gasteiger partial charge in [0.15, 0.2) is 0 Å². The average Bonchev–Trinajstić information content (AvgIpc) is 3.97. The van der Waals surface area contributed by atoms with Crippen molar-refractivity contribution in [3.8, 4) is 33.4 Å². The van der Waals surface area contributed by atoms with Crippen LogP contribution in [0, 0.1) is 13.8 Å². The minimum absolute atomic E-state index is 0.0297. The van der Waals surface area contributed by atoms with Crippen molar-refractivity contribution in [1.82, 2.24) is 0 Å². The molecule has 4 aliphatic rings. The Labute approximate surface area is 391 Å². The molecule has 14 rings (SSSR count). The molecule has 0 amide bonds. The van der Waals surface area contributed by atoms with Crippen LogP contribution in [0.3, 0.4) is 0 Å². The summed E-state index contributed by atoms with van der Waals surface area (Å²) in [5.74, 6) is 0.475. The van der Waals surface area contributed by atoms with E-state index in [1.54, 1.807) is 0 Å². The first kappa shape index (κ1) is 37.9. The van der Waals surface area contributed by atoms with Gasteiger partial charge in [0, 0.05) is 43.3 Å². The lowest BCUT2D eigenvalue weighted by molar-refractivity contribution is 0.795. The van der Waals surface area contributed by atoms with Crippen LogP contribution < -0.4 is 25.5 Å². The molecule has 0 atom stereocenters. The van der Waals surface area contributed by atoms with Crippen LogP contribution >= 0.6 is 11.3 Å². The Balaban J connectivity index is 1.07. The van der Waals surface area contributed by atoms with Crippen molar-refractivity contribution in [2.75, 3.05) is 9.80 Å². The number of fused-ring (bicyclic) bond motifs is 16. The van der Waals surface area contributed by atoms with Gasteiger partial charge in [-0.1, -0.05) is 153 Å². The quantitative estimate of drug-likeness (QED) is 0.163. The van der Waals surface area contributed by atoms with Crippen molar-refractivity contribution in [3.05, 3.63) is 233 Å². The zero-order valence-electron chi connectivity index (χ0n) is 37.4. The van der Waals surface area contributed by atoms with E-state index in [0.29, 0.717) is 5.92 Å². The molecule has 0 N–H and O–H groups in total. The number of benzene rings is 9. The maximum Gasteiger partial charge on any atom is 0.264 e. The van der Waals surface area contributed by atoms with Gasteiger partial charge in [0.1, 0.15) is 0 Å². The normalized spacial score (nSPS) is 14.2. The smallest absolute Gasteiger partial charge is 0.264 e. The lowest BCUT2D eigenvalue weighted by Gasteiger charge is -2.43. The molecule has 312 valence electrons. The summed E-state index contributed by atoms with van der Waals surface area (Å²) in [5.41, 5.74) is 27.1. The minimum Gasteiger partial charge on any atom is -0.311 e. The molecule has 0 fully saturated rings. The van der Waals surface area contributed by atoms with Gasteiger partial charge in [-0.25, -0.2) is 0 Å². The molecule has 4 heteroatoms. The molecule has 2 aliphatic heterocycles. The molecule has 66 heavy (non-hydrogen) atoms. The number of nitrogens with zero attached hydrogens (tertiary/aromatic N) is 2. The third-order valence-corrected chi connectivity index (χ3v) is 16.5. The van der Waals surface area contributed by atoms with Gasteiger partial charge >= 0.3 is 0 Å². The second-order valence-corrected chi connectivity index (χ2v) is 20.1. The molecule has 1 spiro atoms. The highest BCUT2D eigenvalue weighted by Crippen LogP contribution is 2.64. The number of anilines is 6. The van der Waals surface area contributed by atoms with E-state index in [2.05, 4.69) is 232 Å². The summed E-state index contributed by atoms with van der Waals surface area (Å²) in [6.45, 7) is 9.19. The third kappa shape index (κ3) is 4.92. The van der Waals surface area contributed by atoms with Crippen molar-refractivity contribution in [2.24, 2.45) is 0 Å².